The zero-order valence-corrected chi connectivity index (χ0v) is 9.75. The van der Waals surface area contributed by atoms with Crippen LogP contribution in [0.2, 0.25) is 0 Å². The maximum Gasteiger partial charge on any atom is 0.123 e. The molecular formula is C11H20ClN3. The number of amidine groups is 1. The van der Waals surface area contributed by atoms with Crippen LogP contribution >= 0.6 is 12.4 Å². The van der Waals surface area contributed by atoms with Crippen LogP contribution in [0, 0.1) is 29.6 Å². The van der Waals surface area contributed by atoms with Gasteiger partial charge in [0.25, 0.3) is 0 Å². The maximum absolute atomic E-state index is 5.92. The van der Waals surface area contributed by atoms with Gasteiger partial charge in [-0.1, -0.05) is 0 Å². The second-order valence-electron chi connectivity index (χ2n) is 5.51. The summed E-state index contributed by atoms with van der Waals surface area (Å²) in [4.78, 5) is 0. The number of rotatable bonds is 1. The van der Waals surface area contributed by atoms with E-state index < -0.39 is 0 Å². The average Bonchev–Trinajstić information content (AvgIpc) is 2.15. The van der Waals surface area contributed by atoms with Gasteiger partial charge in [0.05, 0.1) is 0 Å². The number of hydrazone groups is 1. The Bertz CT molecular complexity index is 249. The number of hydrogen-bond acceptors (Lipinski definition) is 2. The first-order chi connectivity index (χ1) is 6.78. The minimum absolute atomic E-state index is 0. The van der Waals surface area contributed by atoms with Crippen LogP contribution < -0.4 is 11.6 Å². The molecule has 0 radical (unpaired) electrons. The first kappa shape index (κ1) is 11.1. The van der Waals surface area contributed by atoms with E-state index >= 15 is 0 Å². The molecule has 0 spiro atoms. The van der Waals surface area contributed by atoms with Crippen LogP contribution in [0.25, 0.3) is 0 Å². The monoisotopic (exact) mass is 229 g/mol. The Morgan fingerprint density at radius 1 is 0.933 bits per heavy atom. The van der Waals surface area contributed by atoms with Crippen molar-refractivity contribution in [1.82, 2.24) is 0 Å². The van der Waals surface area contributed by atoms with Gasteiger partial charge in [-0.2, -0.15) is 5.10 Å². The molecule has 0 unspecified atom stereocenters. The van der Waals surface area contributed by atoms with Crippen molar-refractivity contribution in [3.8, 4) is 0 Å². The van der Waals surface area contributed by atoms with Gasteiger partial charge in [-0.05, 0) is 55.8 Å². The Morgan fingerprint density at radius 2 is 1.40 bits per heavy atom. The molecule has 0 aromatic carbocycles. The zero-order valence-electron chi connectivity index (χ0n) is 8.93. The van der Waals surface area contributed by atoms with Crippen LogP contribution in [0.15, 0.2) is 5.10 Å². The zero-order chi connectivity index (χ0) is 9.71. The summed E-state index contributed by atoms with van der Waals surface area (Å²) in [6.45, 7) is 0. The van der Waals surface area contributed by atoms with Crippen LogP contribution in [-0.2, 0) is 0 Å². The van der Waals surface area contributed by atoms with Gasteiger partial charge in [0, 0.05) is 5.92 Å². The maximum atomic E-state index is 5.92. The summed E-state index contributed by atoms with van der Waals surface area (Å²) in [7, 11) is 0. The largest absolute Gasteiger partial charge is 0.385 e. The SMILES string of the molecule is Cl.N/N=C(\N)C1C2CC3CC(C2)CC1C3. The summed E-state index contributed by atoms with van der Waals surface area (Å²) < 4.78 is 0. The van der Waals surface area contributed by atoms with Gasteiger partial charge in [0.1, 0.15) is 5.84 Å². The predicted molar refractivity (Wildman–Crippen MR) is 63.6 cm³/mol. The van der Waals surface area contributed by atoms with Crippen molar-refractivity contribution < 1.29 is 0 Å². The lowest BCUT2D eigenvalue weighted by Gasteiger charge is -2.54. The van der Waals surface area contributed by atoms with Gasteiger partial charge in [-0.15, -0.1) is 12.4 Å². The van der Waals surface area contributed by atoms with Crippen molar-refractivity contribution in [2.45, 2.75) is 32.1 Å². The fourth-order valence-electron chi connectivity index (χ4n) is 4.49. The van der Waals surface area contributed by atoms with Crippen molar-refractivity contribution in [3.05, 3.63) is 0 Å². The predicted octanol–water partition coefficient (Wildman–Crippen LogP) is 1.71. The molecule has 0 aromatic heterocycles. The summed E-state index contributed by atoms with van der Waals surface area (Å²) in [5, 5.41) is 3.73. The molecule has 4 bridgehead atoms. The normalized spacial score (nSPS) is 47.7. The molecule has 4 fully saturated rings. The summed E-state index contributed by atoms with van der Waals surface area (Å²) in [6, 6.07) is 0. The van der Waals surface area contributed by atoms with Crippen LogP contribution in [0.5, 0.6) is 0 Å². The van der Waals surface area contributed by atoms with Crippen LogP contribution in [0.3, 0.4) is 0 Å². The Morgan fingerprint density at radius 3 is 1.80 bits per heavy atom. The minimum Gasteiger partial charge on any atom is -0.385 e. The molecule has 4 heteroatoms. The highest BCUT2D eigenvalue weighted by Crippen LogP contribution is 2.56. The molecule has 4 aliphatic carbocycles. The fraction of sp³-hybridized carbons (Fsp3) is 0.909. The number of nitrogens with zero attached hydrogens (tertiary/aromatic N) is 1. The van der Waals surface area contributed by atoms with Gasteiger partial charge in [-0.25, -0.2) is 0 Å². The van der Waals surface area contributed by atoms with Crippen LogP contribution in [0.4, 0.5) is 0 Å². The Kier molecular flexibility index (Phi) is 2.84. The van der Waals surface area contributed by atoms with Crippen LogP contribution in [0.1, 0.15) is 32.1 Å². The van der Waals surface area contributed by atoms with E-state index in [2.05, 4.69) is 5.10 Å². The molecule has 4 saturated carbocycles. The minimum atomic E-state index is 0. The molecule has 4 rings (SSSR count). The molecule has 0 heterocycles. The molecule has 0 aliphatic heterocycles. The standard InChI is InChI=1S/C11H19N3.ClH/c12-11(14-13)10-8-2-6-1-7(4-8)5-9(10)3-6;/h6-10H,1-5,13H2,(H2,12,14);1H. The van der Waals surface area contributed by atoms with E-state index in [1.54, 1.807) is 0 Å². The van der Waals surface area contributed by atoms with Gasteiger partial charge in [0.2, 0.25) is 0 Å². The number of nitrogens with two attached hydrogens (primary N) is 2. The van der Waals surface area contributed by atoms with Gasteiger partial charge < -0.3 is 11.6 Å². The Labute approximate surface area is 97.1 Å². The van der Waals surface area contributed by atoms with Crippen molar-refractivity contribution in [1.29, 1.82) is 0 Å². The molecule has 0 atom stereocenters. The lowest BCUT2D eigenvalue weighted by molar-refractivity contribution is -0.00873. The smallest absolute Gasteiger partial charge is 0.123 e. The van der Waals surface area contributed by atoms with Crippen molar-refractivity contribution in [2.75, 3.05) is 0 Å². The molecule has 15 heavy (non-hydrogen) atoms. The number of halogens is 1. The first-order valence-corrected chi connectivity index (χ1v) is 5.81. The first-order valence-electron chi connectivity index (χ1n) is 5.81. The third-order valence-corrected chi connectivity index (χ3v) is 4.72. The second kappa shape index (κ2) is 3.85. The van der Waals surface area contributed by atoms with Crippen molar-refractivity contribution in [3.63, 3.8) is 0 Å². The summed E-state index contributed by atoms with van der Waals surface area (Å²) in [5.41, 5.74) is 5.92. The van der Waals surface area contributed by atoms with Crippen LogP contribution in [-0.4, -0.2) is 5.84 Å². The lowest BCUT2D eigenvalue weighted by Crippen LogP contribution is -2.50. The molecular weight excluding hydrogens is 210 g/mol. The third-order valence-electron chi connectivity index (χ3n) is 4.72. The third kappa shape index (κ3) is 1.61. The highest BCUT2D eigenvalue weighted by Gasteiger charge is 2.49. The van der Waals surface area contributed by atoms with Gasteiger partial charge in [0.15, 0.2) is 0 Å². The molecule has 4 N–H and O–H groups in total. The molecule has 0 amide bonds. The molecule has 0 saturated heterocycles. The topological polar surface area (TPSA) is 64.4 Å². The van der Waals surface area contributed by atoms with Gasteiger partial charge >= 0.3 is 0 Å². The molecule has 4 aliphatic rings. The highest BCUT2D eigenvalue weighted by atomic mass is 35.5. The van der Waals surface area contributed by atoms with E-state index in [9.17, 15) is 0 Å². The van der Waals surface area contributed by atoms with Crippen molar-refractivity contribution in [2.24, 2.45) is 46.3 Å². The molecule has 0 aromatic rings. The van der Waals surface area contributed by atoms with Gasteiger partial charge in [-0.3, -0.25) is 0 Å². The summed E-state index contributed by atoms with van der Waals surface area (Å²) in [6.07, 6.45) is 7.02. The van der Waals surface area contributed by atoms with Crippen molar-refractivity contribution >= 4 is 18.2 Å². The Balaban J connectivity index is 0.000000853. The van der Waals surface area contributed by atoms with E-state index in [1.807, 2.05) is 0 Å². The van der Waals surface area contributed by atoms with E-state index in [4.69, 9.17) is 11.6 Å². The summed E-state index contributed by atoms with van der Waals surface area (Å²) in [5.74, 6) is 10.2. The molecule has 86 valence electrons. The van der Waals surface area contributed by atoms with E-state index in [1.165, 1.54) is 32.1 Å². The van der Waals surface area contributed by atoms with E-state index in [0.717, 1.165) is 29.5 Å². The number of hydrogen-bond donors (Lipinski definition) is 2. The summed E-state index contributed by atoms with van der Waals surface area (Å²) >= 11 is 0. The molecule has 3 nitrogen and oxygen atoms in total. The quantitative estimate of drug-likeness (QED) is 0.311. The second-order valence-corrected chi connectivity index (χ2v) is 5.51. The van der Waals surface area contributed by atoms with E-state index in [0.29, 0.717) is 5.92 Å². The van der Waals surface area contributed by atoms with E-state index in [-0.39, 0.29) is 12.4 Å². The Hall–Kier alpha value is -0.440. The fourth-order valence-corrected chi connectivity index (χ4v) is 4.49. The highest BCUT2D eigenvalue weighted by molar-refractivity contribution is 5.85. The average molecular weight is 230 g/mol. The lowest BCUT2D eigenvalue weighted by atomic mass is 9.51.